The summed E-state index contributed by atoms with van der Waals surface area (Å²) in [6.45, 7) is 4.74. The largest absolute Gasteiger partial charge is 0.495 e. The van der Waals surface area contributed by atoms with Crippen LogP contribution in [0.15, 0.2) is 71.3 Å². The average molecular weight is 952 g/mol. The number of ether oxygens (including phenoxy) is 1. The van der Waals surface area contributed by atoms with Crippen LogP contribution in [0.2, 0.25) is 0 Å². The van der Waals surface area contributed by atoms with Crippen LogP contribution in [-0.2, 0) is 32.3 Å². The number of carbonyl (C=O) groups excluding carboxylic acids is 6. The second-order valence-electron chi connectivity index (χ2n) is 16.3. The molecule has 0 spiro atoms. The minimum absolute atomic E-state index is 0.0164. The van der Waals surface area contributed by atoms with Crippen molar-refractivity contribution in [3.63, 3.8) is 0 Å². The van der Waals surface area contributed by atoms with Crippen LogP contribution in [0.3, 0.4) is 0 Å². The molecule has 0 aliphatic carbocycles. The van der Waals surface area contributed by atoms with Crippen molar-refractivity contribution in [3.05, 3.63) is 93.6 Å². The zero-order chi connectivity index (χ0) is 46.0. The third-order valence-corrected chi connectivity index (χ3v) is 12.4. The number of carbonyl (C=O) groups is 6. The molecule has 342 valence electrons. The molecule has 18 heteroatoms. The molecule has 0 bridgehead atoms. The lowest BCUT2D eigenvalue weighted by Crippen LogP contribution is -2.52. The maximum atomic E-state index is 13.3. The Morgan fingerprint density at radius 3 is 2.49 bits per heavy atom. The van der Waals surface area contributed by atoms with E-state index in [1.54, 1.807) is 54.5 Å². The van der Waals surface area contributed by atoms with Crippen LogP contribution in [0.4, 0.5) is 28.8 Å². The fourth-order valence-corrected chi connectivity index (χ4v) is 8.63. The molecule has 7 rings (SSSR count). The standard InChI is InChI=1S/C47H55BrN10O7/c1-4-36-46(64)56(2)38-26-51-47(55-42(38)57(36)27-29-14-17-31(48)18-15-29)53-35-19-16-30(25-39(35)65-3)43(61)50-24-10-23-49-22-8-6-5-7-13-40(59)52-34-12-9-11-32-33(34)28-58(45(32)63)37-20-21-41(60)54-44(37)62/h9,11-12,14-19,25-26,36-37,49H,4-8,10,13,20-24,27-28H2,1-3H3,(H,50,61)(H,52,59)(H,51,53,55)(H,54,60,62)/t36-,37?/m1/s1. The first kappa shape index (κ1) is 46.6. The molecular formula is C47H55BrN10O7. The van der Waals surface area contributed by atoms with Crippen LogP contribution in [-0.4, -0.2) is 96.2 Å². The van der Waals surface area contributed by atoms with Gasteiger partial charge in [-0.25, -0.2) is 4.98 Å². The van der Waals surface area contributed by atoms with E-state index in [4.69, 9.17) is 9.72 Å². The van der Waals surface area contributed by atoms with Gasteiger partial charge in [0.2, 0.25) is 29.6 Å². The van der Waals surface area contributed by atoms with Crippen molar-refractivity contribution in [2.75, 3.05) is 54.2 Å². The van der Waals surface area contributed by atoms with E-state index in [-0.39, 0.29) is 48.9 Å². The van der Waals surface area contributed by atoms with Gasteiger partial charge in [-0.15, -0.1) is 0 Å². The number of likely N-dealkylation sites (N-methyl/N-ethyl adjacent to an activating group) is 1. The SMILES string of the molecule is CC[C@@H]1C(=O)N(C)c2cnc(Nc3ccc(C(=O)NCCCNCCCCCCC(=O)Nc4cccc5c4CN(C4CCC(=O)NC4=O)C5=O)cc3OC)nc2N1Cc1ccc(Br)cc1. The highest BCUT2D eigenvalue weighted by molar-refractivity contribution is 9.10. The molecule has 3 aromatic carbocycles. The Morgan fingerprint density at radius 2 is 1.72 bits per heavy atom. The third-order valence-electron chi connectivity index (χ3n) is 11.9. The maximum Gasteiger partial charge on any atom is 0.255 e. The van der Waals surface area contributed by atoms with Crippen molar-refractivity contribution in [1.82, 2.24) is 30.8 Å². The predicted octanol–water partition coefficient (Wildman–Crippen LogP) is 5.81. The lowest BCUT2D eigenvalue weighted by atomic mass is 10.0. The summed E-state index contributed by atoms with van der Waals surface area (Å²) >= 11 is 3.49. The number of unbranched alkanes of at least 4 members (excludes halogenated alkanes) is 3. The van der Waals surface area contributed by atoms with Gasteiger partial charge in [-0.3, -0.25) is 34.1 Å². The van der Waals surface area contributed by atoms with Gasteiger partial charge in [-0.05, 0) is 93.2 Å². The van der Waals surface area contributed by atoms with Crippen molar-refractivity contribution in [1.29, 1.82) is 0 Å². The Kier molecular flexibility index (Phi) is 15.4. The number of piperidine rings is 1. The summed E-state index contributed by atoms with van der Waals surface area (Å²) in [6, 6.07) is 17.2. The van der Waals surface area contributed by atoms with E-state index in [0.717, 1.165) is 55.2 Å². The van der Waals surface area contributed by atoms with Crippen LogP contribution < -0.4 is 41.1 Å². The summed E-state index contributed by atoms with van der Waals surface area (Å²) in [7, 11) is 3.28. The van der Waals surface area contributed by atoms with E-state index in [2.05, 4.69) is 47.5 Å². The number of benzene rings is 3. The van der Waals surface area contributed by atoms with Gasteiger partial charge in [0.05, 0.1) is 19.0 Å². The van der Waals surface area contributed by atoms with E-state index >= 15 is 0 Å². The van der Waals surface area contributed by atoms with Crippen molar-refractivity contribution in [2.45, 2.75) is 89.9 Å². The second kappa shape index (κ2) is 21.5. The Morgan fingerprint density at radius 1 is 0.938 bits per heavy atom. The number of halogens is 1. The monoisotopic (exact) mass is 950 g/mol. The van der Waals surface area contributed by atoms with Gasteiger partial charge in [-0.2, -0.15) is 4.98 Å². The number of amides is 6. The van der Waals surface area contributed by atoms with Crippen molar-refractivity contribution in [2.24, 2.45) is 0 Å². The predicted molar refractivity (Wildman–Crippen MR) is 250 cm³/mol. The lowest BCUT2D eigenvalue weighted by molar-refractivity contribution is -0.137. The summed E-state index contributed by atoms with van der Waals surface area (Å²) in [5.74, 6) is -0.0367. The quantitative estimate of drug-likeness (QED) is 0.0526. The van der Waals surface area contributed by atoms with E-state index in [0.29, 0.717) is 77.2 Å². The number of nitrogens with zero attached hydrogens (tertiary/aromatic N) is 5. The number of hydrogen-bond acceptors (Lipinski definition) is 12. The Bertz CT molecular complexity index is 2430. The number of anilines is 5. The second-order valence-corrected chi connectivity index (χ2v) is 17.2. The molecular weight excluding hydrogens is 896 g/mol. The topological polar surface area (TPSA) is 207 Å². The number of hydrogen-bond donors (Lipinski definition) is 5. The average Bonchev–Trinajstić information content (AvgIpc) is 3.64. The van der Waals surface area contributed by atoms with Gasteiger partial charge >= 0.3 is 0 Å². The smallest absolute Gasteiger partial charge is 0.255 e. The molecule has 1 unspecified atom stereocenters. The molecule has 1 saturated heterocycles. The van der Waals surface area contributed by atoms with Crippen LogP contribution in [0, 0.1) is 0 Å². The molecule has 3 aliphatic heterocycles. The summed E-state index contributed by atoms with van der Waals surface area (Å²) in [6.07, 6.45) is 7.34. The first-order chi connectivity index (χ1) is 31.4. The first-order valence-electron chi connectivity index (χ1n) is 22.1. The van der Waals surface area contributed by atoms with E-state index in [1.165, 1.54) is 12.0 Å². The Labute approximate surface area is 386 Å². The van der Waals surface area contributed by atoms with E-state index in [9.17, 15) is 28.8 Å². The van der Waals surface area contributed by atoms with Crippen LogP contribution in [0.25, 0.3) is 0 Å². The van der Waals surface area contributed by atoms with Gasteiger partial charge in [0.15, 0.2) is 5.82 Å². The highest BCUT2D eigenvalue weighted by Crippen LogP contribution is 2.38. The van der Waals surface area contributed by atoms with Crippen LogP contribution in [0.5, 0.6) is 5.75 Å². The van der Waals surface area contributed by atoms with Gasteiger partial charge in [0.25, 0.3) is 11.8 Å². The normalized spacial score (nSPS) is 16.8. The Hall–Kier alpha value is -6.40. The molecule has 17 nitrogen and oxygen atoms in total. The number of fused-ring (bicyclic) bond motifs is 2. The molecule has 0 radical (unpaired) electrons. The third kappa shape index (κ3) is 11.1. The molecule has 1 fully saturated rings. The van der Waals surface area contributed by atoms with Gasteiger partial charge in [0, 0.05) is 66.4 Å². The summed E-state index contributed by atoms with van der Waals surface area (Å²) in [5.41, 5.74) is 4.40. The zero-order valence-corrected chi connectivity index (χ0v) is 38.5. The highest BCUT2D eigenvalue weighted by atomic mass is 79.9. The molecule has 3 aliphatic rings. The van der Waals surface area contributed by atoms with Gasteiger partial charge in [0.1, 0.15) is 23.5 Å². The van der Waals surface area contributed by atoms with Gasteiger partial charge < -0.3 is 40.7 Å². The summed E-state index contributed by atoms with van der Waals surface area (Å²) < 4.78 is 6.63. The maximum absolute atomic E-state index is 13.3. The molecule has 4 aromatic rings. The molecule has 2 atom stereocenters. The summed E-state index contributed by atoms with van der Waals surface area (Å²) in [5, 5.41) is 14.9. The Balaban J connectivity index is 0.797. The number of methoxy groups -OCH3 is 1. The molecule has 5 N–H and O–H groups in total. The van der Waals surface area contributed by atoms with E-state index < -0.39 is 18.0 Å². The molecule has 6 amide bonds. The highest BCUT2D eigenvalue weighted by Gasteiger charge is 2.40. The fraction of sp³-hybridized carbons (Fsp3) is 0.404. The number of nitrogens with one attached hydrogen (secondary N) is 5. The van der Waals surface area contributed by atoms with Crippen molar-refractivity contribution < 1.29 is 33.5 Å². The summed E-state index contributed by atoms with van der Waals surface area (Å²) in [4.78, 5) is 90.8. The molecule has 4 heterocycles. The minimum Gasteiger partial charge on any atom is -0.495 e. The lowest BCUT2D eigenvalue weighted by Gasteiger charge is -2.40. The zero-order valence-electron chi connectivity index (χ0n) is 36.9. The van der Waals surface area contributed by atoms with Crippen molar-refractivity contribution >= 4 is 80.2 Å². The molecule has 65 heavy (non-hydrogen) atoms. The van der Waals surface area contributed by atoms with Crippen LogP contribution in [0.1, 0.15) is 96.6 Å². The number of imide groups is 1. The minimum atomic E-state index is -0.712. The molecule has 0 saturated carbocycles. The van der Waals surface area contributed by atoms with Gasteiger partial charge in [-0.1, -0.05) is 53.9 Å². The number of rotatable bonds is 20. The van der Waals surface area contributed by atoms with Crippen molar-refractivity contribution in [3.8, 4) is 5.75 Å². The van der Waals surface area contributed by atoms with E-state index in [1.807, 2.05) is 36.1 Å². The number of aromatic nitrogens is 2. The molecule has 1 aromatic heterocycles. The fourth-order valence-electron chi connectivity index (χ4n) is 8.37. The first-order valence-corrected chi connectivity index (χ1v) is 22.9. The van der Waals surface area contributed by atoms with Crippen LogP contribution >= 0.6 is 15.9 Å².